The van der Waals surface area contributed by atoms with Gasteiger partial charge in [-0.15, -0.1) is 10.2 Å². The maximum Gasteiger partial charge on any atom is 0.328 e. The lowest BCUT2D eigenvalue weighted by Crippen LogP contribution is -2.46. The van der Waals surface area contributed by atoms with Crippen LogP contribution in [0.5, 0.6) is 5.75 Å². The molecule has 1 aliphatic heterocycles. The van der Waals surface area contributed by atoms with Gasteiger partial charge >= 0.3 is 5.97 Å². The first-order valence-electron chi connectivity index (χ1n) is 11.7. The Kier molecular flexibility index (Phi) is 5.98. The molecule has 9 nitrogen and oxygen atoms in total. The molecule has 0 saturated carbocycles. The van der Waals surface area contributed by atoms with E-state index in [1.165, 1.54) is 0 Å². The molecule has 0 radical (unpaired) electrons. The van der Waals surface area contributed by atoms with Gasteiger partial charge in [-0.25, -0.2) is 4.79 Å². The van der Waals surface area contributed by atoms with E-state index in [0.29, 0.717) is 11.3 Å². The number of aromatic hydroxyl groups is 1. The highest BCUT2D eigenvalue weighted by atomic mass is 16.4. The summed E-state index contributed by atoms with van der Waals surface area (Å²) in [5, 5.41) is 33.7. The Balaban J connectivity index is 1.31. The summed E-state index contributed by atoms with van der Waals surface area (Å²) in [5.74, 6) is -0.744. The number of rotatable bonds is 6. The van der Waals surface area contributed by atoms with Crippen molar-refractivity contribution in [2.75, 3.05) is 36.0 Å². The molecule has 5 rings (SSSR count). The van der Waals surface area contributed by atoms with Crippen molar-refractivity contribution in [2.24, 2.45) is 5.92 Å². The van der Waals surface area contributed by atoms with E-state index in [-0.39, 0.29) is 11.7 Å². The molecule has 1 fully saturated rings. The lowest BCUT2D eigenvalue weighted by Gasteiger charge is -2.36. The molecule has 1 saturated heterocycles. The van der Waals surface area contributed by atoms with Gasteiger partial charge in [-0.2, -0.15) is 5.10 Å². The number of nitrogens with zero attached hydrogens (tertiary/aromatic N) is 6. The number of hydrogen-bond acceptors (Lipinski definition) is 7. The van der Waals surface area contributed by atoms with Crippen LogP contribution in [-0.4, -0.2) is 62.3 Å². The minimum atomic E-state index is -0.869. The normalized spacial score (nSPS) is 15.1. The van der Waals surface area contributed by atoms with Crippen molar-refractivity contribution in [3.63, 3.8) is 0 Å². The fraction of sp³-hybridized carbons (Fsp3) is 0.308. The Morgan fingerprint density at radius 3 is 2.34 bits per heavy atom. The first kappa shape index (κ1) is 22.6. The molecule has 3 heterocycles. The van der Waals surface area contributed by atoms with Gasteiger partial charge in [0.15, 0.2) is 6.04 Å². The number of carbonyl (C=O) groups is 1. The molecule has 1 atom stereocenters. The minimum Gasteiger partial charge on any atom is -0.507 e. The van der Waals surface area contributed by atoms with Gasteiger partial charge < -0.3 is 20.0 Å². The lowest BCUT2D eigenvalue weighted by molar-refractivity contribution is -0.142. The number of aromatic nitrogens is 4. The van der Waals surface area contributed by atoms with Crippen molar-refractivity contribution < 1.29 is 15.0 Å². The predicted molar refractivity (Wildman–Crippen MR) is 135 cm³/mol. The SMILES string of the molecule is CC(C)C(C(=O)O)n1cc(N2CCN(c3ccc4nnc(-c5ccccc5O)cc4c3)CC2)cn1. The van der Waals surface area contributed by atoms with E-state index in [1.807, 2.05) is 44.3 Å². The zero-order valence-corrected chi connectivity index (χ0v) is 19.7. The maximum absolute atomic E-state index is 11.6. The number of piperazine rings is 1. The largest absolute Gasteiger partial charge is 0.507 e. The van der Waals surface area contributed by atoms with Crippen LogP contribution in [0.1, 0.15) is 19.9 Å². The molecule has 180 valence electrons. The first-order chi connectivity index (χ1) is 16.9. The minimum absolute atomic E-state index is 0.0546. The Bertz CT molecular complexity index is 1360. The number of carboxylic acid groups (broad SMARTS) is 1. The molecule has 0 amide bonds. The molecule has 1 aliphatic rings. The van der Waals surface area contributed by atoms with Crippen molar-refractivity contribution in [2.45, 2.75) is 19.9 Å². The number of phenolic OH excluding ortho intramolecular Hbond substituents is 1. The Hall–Kier alpha value is -4.14. The number of anilines is 2. The van der Waals surface area contributed by atoms with E-state index in [1.54, 1.807) is 23.0 Å². The van der Waals surface area contributed by atoms with Gasteiger partial charge in [-0.1, -0.05) is 26.0 Å². The van der Waals surface area contributed by atoms with Gasteiger partial charge in [0.1, 0.15) is 5.75 Å². The fourth-order valence-electron chi connectivity index (χ4n) is 4.62. The van der Waals surface area contributed by atoms with E-state index < -0.39 is 12.0 Å². The summed E-state index contributed by atoms with van der Waals surface area (Å²) >= 11 is 0. The third-order valence-corrected chi connectivity index (χ3v) is 6.52. The summed E-state index contributed by atoms with van der Waals surface area (Å²) in [5.41, 5.74) is 4.14. The second-order valence-electron chi connectivity index (χ2n) is 9.17. The van der Waals surface area contributed by atoms with Crippen molar-refractivity contribution in [3.8, 4) is 17.0 Å². The van der Waals surface area contributed by atoms with Crippen LogP contribution in [0.2, 0.25) is 0 Å². The summed E-state index contributed by atoms with van der Waals surface area (Å²) in [4.78, 5) is 16.2. The predicted octanol–water partition coefficient (Wildman–Crippen LogP) is 3.81. The van der Waals surface area contributed by atoms with Gasteiger partial charge in [0.25, 0.3) is 0 Å². The lowest BCUT2D eigenvalue weighted by atomic mass is 10.1. The summed E-state index contributed by atoms with van der Waals surface area (Å²) in [6.07, 6.45) is 3.59. The quantitative estimate of drug-likeness (QED) is 0.436. The van der Waals surface area contributed by atoms with Crippen LogP contribution in [0.3, 0.4) is 0 Å². The molecular weight excluding hydrogens is 444 g/mol. The van der Waals surface area contributed by atoms with Crippen molar-refractivity contribution in [1.29, 1.82) is 0 Å². The topological polar surface area (TPSA) is 108 Å². The highest BCUT2D eigenvalue weighted by Gasteiger charge is 2.26. The first-order valence-corrected chi connectivity index (χ1v) is 11.7. The van der Waals surface area contributed by atoms with Crippen LogP contribution in [0.25, 0.3) is 22.2 Å². The third-order valence-electron chi connectivity index (χ3n) is 6.52. The summed E-state index contributed by atoms with van der Waals surface area (Å²) in [6.45, 7) is 7.04. The van der Waals surface area contributed by atoms with Crippen LogP contribution in [0.4, 0.5) is 11.4 Å². The standard InChI is InChI=1S/C26H28N6O3/c1-17(2)25(26(34)35)32-16-20(15-27-32)31-11-9-30(10-12-31)19-7-8-22-18(13-19)14-23(29-28-22)21-5-3-4-6-24(21)33/h3-8,13-17,25,33H,9-12H2,1-2H3,(H,34,35). The Morgan fingerprint density at radius 2 is 1.66 bits per heavy atom. The summed E-state index contributed by atoms with van der Waals surface area (Å²) in [6, 6.07) is 14.6. The van der Waals surface area contributed by atoms with E-state index in [2.05, 4.69) is 37.2 Å². The van der Waals surface area contributed by atoms with Crippen LogP contribution in [0, 0.1) is 5.92 Å². The van der Waals surface area contributed by atoms with Crippen LogP contribution in [0.15, 0.2) is 60.9 Å². The molecule has 0 aliphatic carbocycles. The Morgan fingerprint density at radius 1 is 0.943 bits per heavy atom. The fourth-order valence-corrected chi connectivity index (χ4v) is 4.62. The molecule has 0 bridgehead atoms. The second-order valence-corrected chi connectivity index (χ2v) is 9.17. The van der Waals surface area contributed by atoms with E-state index in [4.69, 9.17) is 0 Å². The molecule has 35 heavy (non-hydrogen) atoms. The van der Waals surface area contributed by atoms with Gasteiger partial charge in [0.2, 0.25) is 0 Å². The number of phenols is 1. The molecule has 1 unspecified atom stereocenters. The summed E-state index contributed by atoms with van der Waals surface area (Å²) < 4.78 is 1.56. The Labute approximate surface area is 203 Å². The highest BCUT2D eigenvalue weighted by Crippen LogP contribution is 2.30. The second kappa shape index (κ2) is 9.25. The molecule has 2 N–H and O–H groups in total. The number of carboxylic acids is 1. The smallest absolute Gasteiger partial charge is 0.328 e. The van der Waals surface area contributed by atoms with Crippen LogP contribution >= 0.6 is 0 Å². The van der Waals surface area contributed by atoms with Gasteiger partial charge in [-0.05, 0) is 42.3 Å². The van der Waals surface area contributed by atoms with Crippen molar-refractivity contribution in [1.82, 2.24) is 20.0 Å². The van der Waals surface area contributed by atoms with E-state index >= 15 is 0 Å². The maximum atomic E-state index is 11.6. The van der Waals surface area contributed by atoms with Crippen LogP contribution in [-0.2, 0) is 4.79 Å². The molecular formula is C26H28N6O3. The summed E-state index contributed by atoms with van der Waals surface area (Å²) in [7, 11) is 0. The molecule has 4 aromatic rings. The molecule has 0 spiro atoms. The zero-order valence-electron chi connectivity index (χ0n) is 19.7. The van der Waals surface area contributed by atoms with E-state index in [0.717, 1.165) is 48.5 Å². The monoisotopic (exact) mass is 472 g/mol. The average Bonchev–Trinajstić information content (AvgIpc) is 3.33. The van der Waals surface area contributed by atoms with E-state index in [9.17, 15) is 15.0 Å². The zero-order chi connectivity index (χ0) is 24.5. The number of aliphatic carboxylic acids is 1. The van der Waals surface area contributed by atoms with Gasteiger partial charge in [0, 0.05) is 49.0 Å². The molecule has 2 aromatic carbocycles. The average molecular weight is 473 g/mol. The molecule has 2 aromatic heterocycles. The molecule has 9 heteroatoms. The number of benzene rings is 2. The number of fused-ring (bicyclic) bond motifs is 1. The van der Waals surface area contributed by atoms with Gasteiger partial charge in [0.05, 0.1) is 23.1 Å². The number of hydrogen-bond donors (Lipinski definition) is 2. The van der Waals surface area contributed by atoms with Gasteiger partial charge in [-0.3, -0.25) is 4.68 Å². The van der Waals surface area contributed by atoms with Crippen molar-refractivity contribution in [3.05, 3.63) is 60.9 Å². The van der Waals surface area contributed by atoms with Crippen molar-refractivity contribution >= 4 is 28.2 Å². The third kappa shape index (κ3) is 4.49. The number of para-hydroxylation sites is 1. The van der Waals surface area contributed by atoms with Crippen LogP contribution < -0.4 is 9.80 Å². The highest BCUT2D eigenvalue weighted by molar-refractivity contribution is 5.86.